The molecule has 2 aromatic rings. The van der Waals surface area contributed by atoms with Gasteiger partial charge >= 0.3 is 0 Å². The highest BCUT2D eigenvalue weighted by Crippen LogP contribution is 2.23. The molecular formula is C18H20ClN3O2. The maximum atomic E-state index is 12.5. The smallest absolute Gasteiger partial charge is 0.239 e. The van der Waals surface area contributed by atoms with E-state index < -0.39 is 5.41 Å². The molecule has 0 bridgehead atoms. The molecule has 2 rings (SSSR count). The zero-order valence-electron chi connectivity index (χ0n) is 13.9. The number of aryl methyl sites for hydroxylation is 1. The van der Waals surface area contributed by atoms with E-state index >= 15 is 0 Å². The van der Waals surface area contributed by atoms with Crippen LogP contribution in [0.4, 0.5) is 5.69 Å². The molecule has 0 unspecified atom stereocenters. The van der Waals surface area contributed by atoms with Crippen LogP contribution in [0.25, 0.3) is 0 Å². The third-order valence-corrected chi connectivity index (χ3v) is 4.01. The van der Waals surface area contributed by atoms with Gasteiger partial charge in [0.1, 0.15) is 5.41 Å². The number of aromatic nitrogens is 1. The van der Waals surface area contributed by atoms with Crippen LogP contribution in [0.1, 0.15) is 25.0 Å². The highest BCUT2D eigenvalue weighted by atomic mass is 35.5. The van der Waals surface area contributed by atoms with Crippen molar-refractivity contribution in [2.45, 2.75) is 27.3 Å². The molecule has 24 heavy (non-hydrogen) atoms. The quantitative estimate of drug-likeness (QED) is 0.816. The number of pyridine rings is 1. The van der Waals surface area contributed by atoms with Crippen LogP contribution in [0.15, 0.2) is 42.7 Å². The molecule has 0 aliphatic heterocycles. The fourth-order valence-corrected chi connectivity index (χ4v) is 2.28. The van der Waals surface area contributed by atoms with Crippen molar-refractivity contribution in [3.05, 3.63) is 58.9 Å². The van der Waals surface area contributed by atoms with Crippen molar-refractivity contribution in [2.24, 2.45) is 5.41 Å². The van der Waals surface area contributed by atoms with Crippen LogP contribution in [0.2, 0.25) is 5.02 Å². The molecule has 0 spiro atoms. The number of halogens is 1. The number of hydrogen-bond acceptors (Lipinski definition) is 3. The Kier molecular flexibility index (Phi) is 5.57. The van der Waals surface area contributed by atoms with Gasteiger partial charge in [0.2, 0.25) is 11.8 Å². The molecule has 5 nitrogen and oxygen atoms in total. The first-order chi connectivity index (χ1) is 11.3. The largest absolute Gasteiger partial charge is 0.351 e. The van der Waals surface area contributed by atoms with Gasteiger partial charge < -0.3 is 10.6 Å². The average molecular weight is 346 g/mol. The second-order valence-corrected chi connectivity index (χ2v) is 6.51. The maximum Gasteiger partial charge on any atom is 0.239 e. The van der Waals surface area contributed by atoms with Gasteiger partial charge in [-0.1, -0.05) is 11.6 Å². The van der Waals surface area contributed by atoms with Gasteiger partial charge in [0.05, 0.1) is 0 Å². The highest BCUT2D eigenvalue weighted by Gasteiger charge is 2.36. The van der Waals surface area contributed by atoms with E-state index in [-0.39, 0.29) is 11.8 Å². The van der Waals surface area contributed by atoms with Crippen LogP contribution in [0, 0.1) is 12.3 Å². The molecule has 0 saturated carbocycles. The van der Waals surface area contributed by atoms with Crippen LogP contribution in [0.5, 0.6) is 0 Å². The van der Waals surface area contributed by atoms with Crippen molar-refractivity contribution in [2.75, 3.05) is 5.32 Å². The van der Waals surface area contributed by atoms with Gasteiger partial charge in [-0.15, -0.1) is 0 Å². The molecule has 2 amide bonds. The summed E-state index contributed by atoms with van der Waals surface area (Å²) in [5.41, 5.74) is 1.19. The molecule has 2 N–H and O–H groups in total. The van der Waals surface area contributed by atoms with Gasteiger partial charge in [0.25, 0.3) is 0 Å². The molecule has 0 aliphatic rings. The van der Waals surface area contributed by atoms with Crippen LogP contribution < -0.4 is 10.6 Å². The maximum absolute atomic E-state index is 12.5. The van der Waals surface area contributed by atoms with Crippen molar-refractivity contribution < 1.29 is 9.59 Å². The number of rotatable bonds is 5. The van der Waals surface area contributed by atoms with E-state index in [0.717, 1.165) is 11.1 Å². The van der Waals surface area contributed by atoms with E-state index in [4.69, 9.17) is 11.6 Å². The molecule has 1 aromatic carbocycles. The van der Waals surface area contributed by atoms with E-state index in [9.17, 15) is 9.59 Å². The summed E-state index contributed by atoms with van der Waals surface area (Å²) in [7, 11) is 0. The Morgan fingerprint density at radius 2 is 1.79 bits per heavy atom. The molecule has 0 saturated heterocycles. The lowest BCUT2D eigenvalue weighted by Gasteiger charge is -2.23. The van der Waals surface area contributed by atoms with E-state index in [1.165, 1.54) is 0 Å². The Morgan fingerprint density at radius 3 is 2.42 bits per heavy atom. The van der Waals surface area contributed by atoms with Crippen molar-refractivity contribution in [1.29, 1.82) is 0 Å². The van der Waals surface area contributed by atoms with E-state index in [0.29, 0.717) is 17.3 Å². The first-order valence-electron chi connectivity index (χ1n) is 7.55. The van der Waals surface area contributed by atoms with E-state index in [1.54, 1.807) is 44.4 Å². The molecular weight excluding hydrogens is 326 g/mol. The van der Waals surface area contributed by atoms with Crippen LogP contribution in [-0.4, -0.2) is 16.8 Å². The van der Waals surface area contributed by atoms with Gasteiger partial charge in [-0.2, -0.15) is 0 Å². The van der Waals surface area contributed by atoms with Gasteiger partial charge in [-0.3, -0.25) is 14.6 Å². The SMILES string of the molecule is Cc1cc(Cl)ccc1NC(=O)C(C)(C)C(=O)NCc1ccncc1. The minimum absolute atomic E-state index is 0.344. The molecule has 0 radical (unpaired) electrons. The Balaban J connectivity index is 2.02. The zero-order valence-corrected chi connectivity index (χ0v) is 14.6. The van der Waals surface area contributed by atoms with Crippen LogP contribution in [-0.2, 0) is 16.1 Å². The highest BCUT2D eigenvalue weighted by molar-refractivity contribution is 6.30. The molecule has 1 heterocycles. The monoisotopic (exact) mass is 345 g/mol. The summed E-state index contributed by atoms with van der Waals surface area (Å²) in [6.07, 6.45) is 3.31. The third-order valence-electron chi connectivity index (χ3n) is 3.77. The van der Waals surface area contributed by atoms with Crippen molar-refractivity contribution >= 4 is 29.1 Å². The number of nitrogens with zero attached hydrogens (tertiary/aromatic N) is 1. The average Bonchev–Trinajstić information content (AvgIpc) is 2.55. The van der Waals surface area contributed by atoms with Crippen molar-refractivity contribution in [3.63, 3.8) is 0 Å². The Morgan fingerprint density at radius 1 is 1.12 bits per heavy atom. The predicted octanol–water partition coefficient (Wildman–Crippen LogP) is 3.32. The number of carbonyl (C=O) groups is 2. The predicted molar refractivity (Wildman–Crippen MR) is 94.7 cm³/mol. The number of hydrogen-bond donors (Lipinski definition) is 2. The van der Waals surface area contributed by atoms with Crippen molar-refractivity contribution in [1.82, 2.24) is 10.3 Å². The molecule has 6 heteroatoms. The number of nitrogens with one attached hydrogen (secondary N) is 2. The molecule has 0 atom stereocenters. The Bertz CT molecular complexity index is 745. The van der Waals surface area contributed by atoms with Gasteiger partial charge in [0, 0.05) is 29.6 Å². The van der Waals surface area contributed by atoms with Crippen LogP contribution in [0.3, 0.4) is 0 Å². The number of benzene rings is 1. The summed E-state index contributed by atoms with van der Waals surface area (Å²) < 4.78 is 0. The second-order valence-electron chi connectivity index (χ2n) is 6.08. The molecule has 1 aromatic heterocycles. The summed E-state index contributed by atoms with van der Waals surface area (Å²) in [5.74, 6) is -0.719. The Labute approximate surface area is 146 Å². The lowest BCUT2D eigenvalue weighted by Crippen LogP contribution is -2.45. The Hall–Kier alpha value is -2.40. The van der Waals surface area contributed by atoms with Gasteiger partial charge in [0.15, 0.2) is 0 Å². The topological polar surface area (TPSA) is 71.1 Å². The summed E-state index contributed by atoms with van der Waals surface area (Å²) >= 11 is 5.91. The van der Waals surface area contributed by atoms with Gasteiger partial charge in [-0.05, 0) is 62.2 Å². The lowest BCUT2D eigenvalue weighted by molar-refractivity contribution is -0.138. The first-order valence-corrected chi connectivity index (χ1v) is 7.93. The lowest BCUT2D eigenvalue weighted by atomic mass is 9.90. The minimum Gasteiger partial charge on any atom is -0.351 e. The summed E-state index contributed by atoms with van der Waals surface area (Å²) in [6, 6.07) is 8.80. The number of anilines is 1. The van der Waals surface area contributed by atoms with Crippen molar-refractivity contribution in [3.8, 4) is 0 Å². The fraction of sp³-hybridized carbons (Fsp3) is 0.278. The normalized spacial score (nSPS) is 11.0. The third kappa shape index (κ3) is 4.32. The van der Waals surface area contributed by atoms with E-state index in [2.05, 4.69) is 15.6 Å². The second kappa shape index (κ2) is 7.45. The molecule has 0 fully saturated rings. The van der Waals surface area contributed by atoms with E-state index in [1.807, 2.05) is 19.1 Å². The number of amides is 2. The fourth-order valence-electron chi connectivity index (χ4n) is 2.05. The summed E-state index contributed by atoms with van der Waals surface area (Å²) in [6.45, 7) is 5.38. The first kappa shape index (κ1) is 17.9. The summed E-state index contributed by atoms with van der Waals surface area (Å²) in [5, 5.41) is 6.17. The van der Waals surface area contributed by atoms with Gasteiger partial charge in [-0.25, -0.2) is 0 Å². The van der Waals surface area contributed by atoms with Crippen LogP contribution >= 0.6 is 11.6 Å². The number of carbonyl (C=O) groups excluding carboxylic acids is 2. The molecule has 0 aliphatic carbocycles. The standard InChI is InChI=1S/C18H20ClN3O2/c1-12-10-14(19)4-5-15(12)22-17(24)18(2,3)16(23)21-11-13-6-8-20-9-7-13/h4-10H,11H2,1-3H3,(H,21,23)(H,22,24). The minimum atomic E-state index is -1.21. The summed E-state index contributed by atoms with van der Waals surface area (Å²) in [4.78, 5) is 28.8. The zero-order chi connectivity index (χ0) is 17.7. The molecule has 126 valence electrons.